The van der Waals surface area contributed by atoms with E-state index < -0.39 is 11.7 Å². The van der Waals surface area contributed by atoms with Crippen LogP contribution < -0.4 is 10.1 Å². The molecular weight excluding hydrogens is 323 g/mol. The van der Waals surface area contributed by atoms with Crippen LogP contribution in [0.25, 0.3) is 10.9 Å². The fourth-order valence-electron chi connectivity index (χ4n) is 3.24. The summed E-state index contributed by atoms with van der Waals surface area (Å²) in [6.45, 7) is 1.43. The predicted octanol–water partition coefficient (Wildman–Crippen LogP) is 3.41. The molecule has 2 aromatic rings. The average molecular weight is 341 g/mol. The summed E-state index contributed by atoms with van der Waals surface area (Å²) in [7, 11) is 0. The molecule has 24 heavy (non-hydrogen) atoms. The van der Waals surface area contributed by atoms with Gasteiger partial charge in [-0.2, -0.15) is 18.3 Å². The molecule has 1 amide bonds. The van der Waals surface area contributed by atoms with Gasteiger partial charge in [-0.05, 0) is 31.4 Å². The number of hydrogen-bond donors (Lipinski definition) is 2. The number of nitrogens with zero attached hydrogens (tertiary/aromatic N) is 1. The van der Waals surface area contributed by atoms with Gasteiger partial charge < -0.3 is 10.1 Å². The van der Waals surface area contributed by atoms with Crippen molar-refractivity contribution in [3.63, 3.8) is 0 Å². The molecule has 1 saturated carbocycles. The minimum absolute atomic E-state index is 0.00535. The Morgan fingerprint density at radius 1 is 1.38 bits per heavy atom. The molecule has 0 radical (unpaired) electrons. The lowest BCUT2D eigenvalue weighted by molar-refractivity contribution is -0.138. The average Bonchev–Trinajstić information content (AvgIpc) is 2.93. The van der Waals surface area contributed by atoms with E-state index in [9.17, 15) is 18.0 Å². The smallest absolute Gasteiger partial charge is 0.420 e. The van der Waals surface area contributed by atoms with E-state index in [1.54, 1.807) is 0 Å². The lowest BCUT2D eigenvalue weighted by atomic mass is 9.92. The van der Waals surface area contributed by atoms with Crippen molar-refractivity contribution >= 4 is 16.8 Å². The number of aromatic nitrogens is 2. The second kappa shape index (κ2) is 6.33. The molecule has 5 nitrogen and oxygen atoms in total. The van der Waals surface area contributed by atoms with E-state index in [2.05, 4.69) is 15.5 Å². The van der Waals surface area contributed by atoms with E-state index in [1.165, 1.54) is 19.1 Å². The number of halogens is 3. The monoisotopic (exact) mass is 341 g/mol. The zero-order valence-electron chi connectivity index (χ0n) is 13.1. The predicted molar refractivity (Wildman–Crippen MR) is 81.6 cm³/mol. The number of aromatic amines is 1. The summed E-state index contributed by atoms with van der Waals surface area (Å²) in [4.78, 5) is 11.2. The highest BCUT2D eigenvalue weighted by Crippen LogP contribution is 2.41. The van der Waals surface area contributed by atoms with Crippen LogP contribution in [0.2, 0.25) is 0 Å². The standard InChI is InChI=1S/C16H18F3N3O2/c1-9(23)21-10-3-2-4-11(7-10)24-14-6-5-13-12(8-20-22-13)15(14)16(17,18)19/h5-6,8,10-11H,2-4,7H2,1H3,(H,20,22)(H,21,23)/t10-,11+/m1/s1. The van der Waals surface area contributed by atoms with E-state index in [4.69, 9.17) is 4.74 Å². The Balaban J connectivity index is 1.85. The number of H-pyrrole nitrogens is 1. The Hall–Kier alpha value is -2.25. The number of carbonyl (C=O) groups excluding carboxylic acids is 1. The van der Waals surface area contributed by atoms with Crippen molar-refractivity contribution in [3.8, 4) is 5.75 Å². The summed E-state index contributed by atoms with van der Waals surface area (Å²) in [5.41, 5.74) is -0.496. The minimum atomic E-state index is -4.54. The Bertz CT molecular complexity index is 742. The highest BCUT2D eigenvalue weighted by molar-refractivity contribution is 5.84. The Kier molecular flexibility index (Phi) is 4.38. The third-order valence-electron chi connectivity index (χ3n) is 4.20. The Labute approximate surface area is 136 Å². The molecule has 0 unspecified atom stereocenters. The molecule has 0 bridgehead atoms. The van der Waals surface area contributed by atoms with E-state index in [-0.39, 0.29) is 29.2 Å². The van der Waals surface area contributed by atoms with Crippen molar-refractivity contribution < 1.29 is 22.7 Å². The van der Waals surface area contributed by atoms with E-state index in [1.807, 2.05) is 0 Å². The number of carbonyl (C=O) groups is 1. The van der Waals surface area contributed by atoms with Crippen molar-refractivity contribution in [2.24, 2.45) is 0 Å². The van der Waals surface area contributed by atoms with Gasteiger partial charge in [-0.3, -0.25) is 9.89 Å². The maximum absolute atomic E-state index is 13.5. The zero-order valence-corrected chi connectivity index (χ0v) is 13.1. The largest absolute Gasteiger partial charge is 0.490 e. The number of amides is 1. The van der Waals surface area contributed by atoms with Crippen LogP contribution in [-0.4, -0.2) is 28.3 Å². The summed E-state index contributed by atoms with van der Waals surface area (Å²) in [6, 6.07) is 2.79. The summed E-state index contributed by atoms with van der Waals surface area (Å²) in [5.74, 6) is -0.332. The molecule has 8 heteroatoms. The van der Waals surface area contributed by atoms with Crippen molar-refractivity contribution in [1.82, 2.24) is 15.5 Å². The number of fused-ring (bicyclic) bond motifs is 1. The molecule has 2 atom stereocenters. The summed E-state index contributed by atoms with van der Waals surface area (Å²) in [6.07, 6.45) is -0.967. The van der Waals surface area contributed by atoms with Gasteiger partial charge in [0.1, 0.15) is 17.4 Å². The van der Waals surface area contributed by atoms with Gasteiger partial charge in [0, 0.05) is 24.8 Å². The summed E-state index contributed by atoms with van der Waals surface area (Å²) < 4.78 is 46.1. The van der Waals surface area contributed by atoms with Gasteiger partial charge in [0.25, 0.3) is 0 Å². The zero-order chi connectivity index (χ0) is 17.3. The number of rotatable bonds is 3. The van der Waals surface area contributed by atoms with Crippen LogP contribution in [0.3, 0.4) is 0 Å². The molecule has 2 N–H and O–H groups in total. The molecule has 3 rings (SSSR count). The van der Waals surface area contributed by atoms with Crippen LogP contribution in [0.5, 0.6) is 5.75 Å². The highest BCUT2D eigenvalue weighted by Gasteiger charge is 2.38. The number of alkyl halides is 3. The van der Waals surface area contributed by atoms with Gasteiger partial charge in [-0.1, -0.05) is 0 Å². The number of nitrogens with one attached hydrogen (secondary N) is 2. The quantitative estimate of drug-likeness (QED) is 0.899. The maximum atomic E-state index is 13.5. The molecule has 1 aliphatic carbocycles. The molecule has 1 aromatic carbocycles. The first-order valence-corrected chi connectivity index (χ1v) is 7.81. The fourth-order valence-corrected chi connectivity index (χ4v) is 3.24. The van der Waals surface area contributed by atoms with Crippen LogP contribution in [0, 0.1) is 0 Å². The van der Waals surface area contributed by atoms with E-state index in [0.717, 1.165) is 19.0 Å². The Morgan fingerprint density at radius 3 is 2.88 bits per heavy atom. The SMILES string of the molecule is CC(=O)N[C@@H]1CCC[C@H](Oc2ccc3[nH]ncc3c2C(F)(F)F)C1. The lowest BCUT2D eigenvalue weighted by Crippen LogP contribution is -2.40. The number of hydrogen-bond acceptors (Lipinski definition) is 3. The van der Waals surface area contributed by atoms with Gasteiger partial charge >= 0.3 is 6.18 Å². The topological polar surface area (TPSA) is 67.0 Å². The third kappa shape index (κ3) is 3.47. The second-order valence-electron chi connectivity index (χ2n) is 6.07. The molecular formula is C16H18F3N3O2. The fraction of sp³-hybridized carbons (Fsp3) is 0.500. The van der Waals surface area contributed by atoms with Crippen molar-refractivity contribution in [2.45, 2.75) is 50.9 Å². The first-order valence-electron chi connectivity index (χ1n) is 7.81. The van der Waals surface area contributed by atoms with Crippen LogP contribution in [0.4, 0.5) is 13.2 Å². The second-order valence-corrected chi connectivity index (χ2v) is 6.07. The van der Waals surface area contributed by atoms with Gasteiger partial charge in [0.15, 0.2) is 0 Å². The Morgan fingerprint density at radius 2 is 2.17 bits per heavy atom. The molecule has 1 heterocycles. The molecule has 130 valence electrons. The summed E-state index contributed by atoms with van der Waals surface area (Å²) in [5, 5.41) is 9.02. The number of ether oxygens (including phenoxy) is 1. The maximum Gasteiger partial charge on any atom is 0.420 e. The van der Waals surface area contributed by atoms with Crippen LogP contribution in [0.1, 0.15) is 38.2 Å². The van der Waals surface area contributed by atoms with Crippen molar-refractivity contribution in [2.75, 3.05) is 0 Å². The normalized spacial score (nSPS) is 21.7. The molecule has 0 aliphatic heterocycles. The van der Waals surface area contributed by atoms with Gasteiger partial charge in [-0.25, -0.2) is 0 Å². The van der Waals surface area contributed by atoms with Gasteiger partial charge in [0.05, 0.1) is 11.7 Å². The first-order chi connectivity index (χ1) is 11.3. The van der Waals surface area contributed by atoms with Crippen LogP contribution in [0.15, 0.2) is 18.3 Å². The third-order valence-corrected chi connectivity index (χ3v) is 4.20. The van der Waals surface area contributed by atoms with Crippen molar-refractivity contribution in [1.29, 1.82) is 0 Å². The van der Waals surface area contributed by atoms with Crippen molar-refractivity contribution in [3.05, 3.63) is 23.9 Å². The summed E-state index contributed by atoms with van der Waals surface area (Å²) >= 11 is 0. The van der Waals surface area contributed by atoms with Gasteiger partial charge in [-0.15, -0.1) is 0 Å². The minimum Gasteiger partial charge on any atom is -0.490 e. The van der Waals surface area contributed by atoms with Crippen LogP contribution >= 0.6 is 0 Å². The first kappa shape index (κ1) is 16.6. The molecule has 1 aliphatic rings. The van der Waals surface area contributed by atoms with E-state index in [0.29, 0.717) is 18.4 Å². The number of benzene rings is 1. The highest BCUT2D eigenvalue weighted by atomic mass is 19.4. The molecule has 0 spiro atoms. The van der Waals surface area contributed by atoms with Gasteiger partial charge in [0.2, 0.25) is 5.91 Å². The molecule has 1 aromatic heterocycles. The molecule has 1 fully saturated rings. The van der Waals surface area contributed by atoms with Crippen LogP contribution in [-0.2, 0) is 11.0 Å². The van der Waals surface area contributed by atoms with E-state index >= 15 is 0 Å². The molecule has 0 saturated heterocycles. The lowest BCUT2D eigenvalue weighted by Gasteiger charge is -2.30.